The highest BCUT2D eigenvalue weighted by Gasteiger charge is 2.10. The van der Waals surface area contributed by atoms with Crippen LogP contribution in [0.15, 0.2) is 48.9 Å². The van der Waals surface area contributed by atoms with Crippen molar-refractivity contribution in [2.75, 3.05) is 0 Å². The number of aliphatic hydroxyl groups is 1. The van der Waals surface area contributed by atoms with E-state index in [1.807, 2.05) is 6.07 Å². The lowest BCUT2D eigenvalue weighted by Crippen LogP contribution is -2.25. The van der Waals surface area contributed by atoms with Gasteiger partial charge in [-0.3, -0.25) is 4.98 Å². The van der Waals surface area contributed by atoms with Gasteiger partial charge in [0.2, 0.25) is 0 Å². The Balaban J connectivity index is 2.11. The number of nitrogens with zero attached hydrogens (tertiary/aromatic N) is 2. The standard InChI is InChI=1S/C12H12N2O2/c15-12(11-5-1-2-6-13-11)8-10-4-3-7-14(16)9-10/h1-7,9,12,15H,8H2. The zero-order valence-electron chi connectivity index (χ0n) is 8.65. The van der Waals surface area contributed by atoms with Crippen LogP contribution in [0.4, 0.5) is 0 Å². The number of hydrogen-bond donors (Lipinski definition) is 1. The van der Waals surface area contributed by atoms with E-state index < -0.39 is 6.10 Å². The van der Waals surface area contributed by atoms with Crippen LogP contribution in [0.3, 0.4) is 0 Å². The van der Waals surface area contributed by atoms with Gasteiger partial charge in [0.15, 0.2) is 12.4 Å². The van der Waals surface area contributed by atoms with E-state index >= 15 is 0 Å². The van der Waals surface area contributed by atoms with Crippen molar-refractivity contribution in [2.45, 2.75) is 12.5 Å². The zero-order valence-corrected chi connectivity index (χ0v) is 8.65. The molecule has 0 aromatic carbocycles. The first-order valence-electron chi connectivity index (χ1n) is 5.02. The summed E-state index contributed by atoms with van der Waals surface area (Å²) in [5.74, 6) is 0. The Morgan fingerprint density at radius 2 is 2.19 bits per heavy atom. The number of hydrogen-bond acceptors (Lipinski definition) is 3. The molecule has 0 aliphatic carbocycles. The van der Waals surface area contributed by atoms with Crippen LogP contribution >= 0.6 is 0 Å². The molecular weight excluding hydrogens is 204 g/mol. The van der Waals surface area contributed by atoms with E-state index in [2.05, 4.69) is 4.98 Å². The summed E-state index contributed by atoms with van der Waals surface area (Å²) in [5.41, 5.74) is 1.40. The summed E-state index contributed by atoms with van der Waals surface area (Å²) < 4.78 is 0.723. The number of aliphatic hydroxyl groups excluding tert-OH is 1. The highest BCUT2D eigenvalue weighted by atomic mass is 16.5. The van der Waals surface area contributed by atoms with E-state index in [1.165, 1.54) is 12.4 Å². The molecule has 2 aromatic rings. The molecule has 4 heteroatoms. The maximum atomic E-state index is 11.0. The Hall–Kier alpha value is -1.94. The molecule has 2 aromatic heterocycles. The monoisotopic (exact) mass is 216 g/mol. The normalized spacial score (nSPS) is 12.3. The van der Waals surface area contributed by atoms with Gasteiger partial charge >= 0.3 is 0 Å². The predicted octanol–water partition coefficient (Wildman–Crippen LogP) is 0.991. The van der Waals surface area contributed by atoms with Crippen LogP contribution < -0.4 is 4.73 Å². The quantitative estimate of drug-likeness (QED) is 0.614. The fraction of sp³-hybridized carbons (Fsp3) is 0.167. The number of pyridine rings is 2. The predicted molar refractivity (Wildman–Crippen MR) is 58.3 cm³/mol. The molecule has 0 radical (unpaired) electrons. The van der Waals surface area contributed by atoms with Gasteiger partial charge in [0.25, 0.3) is 0 Å². The van der Waals surface area contributed by atoms with E-state index in [1.54, 1.807) is 30.5 Å². The van der Waals surface area contributed by atoms with Gasteiger partial charge in [-0.2, -0.15) is 4.73 Å². The van der Waals surface area contributed by atoms with Crippen LogP contribution in [0.1, 0.15) is 17.4 Å². The van der Waals surface area contributed by atoms with Crippen LogP contribution in [0.2, 0.25) is 0 Å². The van der Waals surface area contributed by atoms with Crippen molar-refractivity contribution >= 4 is 0 Å². The van der Waals surface area contributed by atoms with Crippen LogP contribution in [0.5, 0.6) is 0 Å². The smallest absolute Gasteiger partial charge is 0.183 e. The van der Waals surface area contributed by atoms with Gasteiger partial charge < -0.3 is 10.3 Å². The Kier molecular flexibility index (Phi) is 3.12. The van der Waals surface area contributed by atoms with E-state index in [4.69, 9.17) is 0 Å². The molecule has 16 heavy (non-hydrogen) atoms. The third-order valence-electron chi connectivity index (χ3n) is 2.29. The third-order valence-corrected chi connectivity index (χ3v) is 2.29. The minimum atomic E-state index is -0.677. The Morgan fingerprint density at radius 1 is 1.31 bits per heavy atom. The molecule has 4 nitrogen and oxygen atoms in total. The van der Waals surface area contributed by atoms with Gasteiger partial charge in [-0.05, 0) is 18.2 Å². The molecule has 2 rings (SSSR count). The van der Waals surface area contributed by atoms with Crippen molar-refractivity contribution in [1.82, 2.24) is 4.98 Å². The fourth-order valence-electron chi connectivity index (χ4n) is 1.52. The lowest BCUT2D eigenvalue weighted by Gasteiger charge is -2.09. The van der Waals surface area contributed by atoms with Crippen molar-refractivity contribution in [3.05, 3.63) is 65.4 Å². The first-order chi connectivity index (χ1) is 7.75. The summed E-state index contributed by atoms with van der Waals surface area (Å²) in [4.78, 5) is 4.06. The summed E-state index contributed by atoms with van der Waals surface area (Å²) >= 11 is 0. The van der Waals surface area contributed by atoms with Crippen LogP contribution in [0.25, 0.3) is 0 Å². The maximum absolute atomic E-state index is 11.0. The minimum Gasteiger partial charge on any atom is -0.619 e. The van der Waals surface area contributed by atoms with Crippen molar-refractivity contribution in [2.24, 2.45) is 0 Å². The van der Waals surface area contributed by atoms with Gasteiger partial charge in [-0.1, -0.05) is 6.07 Å². The Labute approximate surface area is 93.4 Å². The van der Waals surface area contributed by atoms with Gasteiger partial charge in [-0.25, -0.2) is 0 Å². The molecule has 1 unspecified atom stereocenters. The minimum absolute atomic E-state index is 0.389. The molecule has 1 atom stereocenters. The van der Waals surface area contributed by atoms with E-state index in [-0.39, 0.29) is 0 Å². The van der Waals surface area contributed by atoms with Crippen molar-refractivity contribution in [3.63, 3.8) is 0 Å². The molecule has 0 aliphatic heterocycles. The average molecular weight is 216 g/mol. The Morgan fingerprint density at radius 3 is 2.88 bits per heavy atom. The van der Waals surface area contributed by atoms with Crippen LogP contribution in [-0.2, 0) is 6.42 Å². The highest BCUT2D eigenvalue weighted by Crippen LogP contribution is 2.14. The number of aromatic nitrogens is 2. The first-order valence-corrected chi connectivity index (χ1v) is 5.02. The zero-order chi connectivity index (χ0) is 11.4. The molecule has 0 saturated heterocycles. The average Bonchev–Trinajstić information content (AvgIpc) is 2.30. The summed E-state index contributed by atoms with van der Waals surface area (Å²) in [5, 5.41) is 20.9. The molecule has 0 fully saturated rings. The third kappa shape index (κ3) is 2.55. The van der Waals surface area contributed by atoms with E-state index in [0.717, 1.165) is 10.3 Å². The molecular formula is C12H12N2O2. The van der Waals surface area contributed by atoms with Crippen molar-refractivity contribution < 1.29 is 9.84 Å². The fourth-order valence-corrected chi connectivity index (χ4v) is 1.52. The van der Waals surface area contributed by atoms with Gasteiger partial charge in [0.1, 0.15) is 6.10 Å². The summed E-state index contributed by atoms with van der Waals surface area (Å²) in [7, 11) is 0. The van der Waals surface area contributed by atoms with Crippen LogP contribution in [0, 0.1) is 5.21 Å². The SMILES string of the molecule is [O-][n+]1cccc(CC(O)c2ccccn2)c1. The lowest BCUT2D eigenvalue weighted by molar-refractivity contribution is -0.605. The topological polar surface area (TPSA) is 60.1 Å². The second kappa shape index (κ2) is 4.72. The highest BCUT2D eigenvalue weighted by molar-refractivity contribution is 5.13. The molecule has 0 saturated carbocycles. The molecule has 0 amide bonds. The summed E-state index contributed by atoms with van der Waals surface area (Å²) in [6.07, 6.45) is 4.21. The number of rotatable bonds is 3. The van der Waals surface area contributed by atoms with Crippen LogP contribution in [-0.4, -0.2) is 10.1 Å². The van der Waals surface area contributed by atoms with E-state index in [0.29, 0.717) is 12.1 Å². The second-order valence-corrected chi connectivity index (χ2v) is 3.55. The van der Waals surface area contributed by atoms with Crippen molar-refractivity contribution in [3.8, 4) is 0 Å². The van der Waals surface area contributed by atoms with E-state index in [9.17, 15) is 10.3 Å². The summed E-state index contributed by atoms with van der Waals surface area (Å²) in [6, 6.07) is 8.85. The maximum Gasteiger partial charge on any atom is 0.183 e. The van der Waals surface area contributed by atoms with Gasteiger partial charge in [-0.15, -0.1) is 0 Å². The second-order valence-electron chi connectivity index (χ2n) is 3.55. The molecule has 0 spiro atoms. The first kappa shape index (κ1) is 10.6. The van der Waals surface area contributed by atoms with Gasteiger partial charge in [0, 0.05) is 24.2 Å². The molecule has 82 valence electrons. The molecule has 0 aliphatic rings. The Bertz CT molecular complexity index is 460. The molecule has 1 N–H and O–H groups in total. The molecule has 0 bridgehead atoms. The van der Waals surface area contributed by atoms with Gasteiger partial charge in [0.05, 0.1) is 5.69 Å². The summed E-state index contributed by atoms with van der Waals surface area (Å²) in [6.45, 7) is 0. The van der Waals surface area contributed by atoms with Crippen molar-refractivity contribution in [1.29, 1.82) is 0 Å². The molecule has 2 heterocycles. The largest absolute Gasteiger partial charge is 0.619 e. The lowest BCUT2D eigenvalue weighted by atomic mass is 10.1.